The normalized spacial score (nSPS) is 24.7. The van der Waals surface area contributed by atoms with Crippen LogP contribution in [0.1, 0.15) is 24.4 Å². The predicted octanol–water partition coefficient (Wildman–Crippen LogP) is 1.93. The molecule has 2 N–H and O–H groups in total. The number of aliphatic hydroxyl groups is 1. The second kappa shape index (κ2) is 6.41. The molecule has 146 valence electrons. The van der Waals surface area contributed by atoms with Crippen LogP contribution in [0.5, 0.6) is 5.75 Å². The third-order valence-corrected chi connectivity index (χ3v) is 4.51. The van der Waals surface area contributed by atoms with Gasteiger partial charge in [-0.25, -0.2) is 0 Å². The Morgan fingerprint density at radius 1 is 1.26 bits per heavy atom. The zero-order valence-corrected chi connectivity index (χ0v) is 14.6. The van der Waals surface area contributed by atoms with E-state index in [1.165, 1.54) is 7.11 Å². The largest absolute Gasteiger partial charge is 0.497 e. The van der Waals surface area contributed by atoms with Crippen LogP contribution in [-0.4, -0.2) is 40.1 Å². The highest BCUT2D eigenvalue weighted by molar-refractivity contribution is 5.76. The Bertz CT molecular complexity index is 848. The number of carbonyl (C=O) groups excluding carboxylic acids is 1. The number of fused-ring (bicyclic) bond motifs is 1. The van der Waals surface area contributed by atoms with E-state index in [9.17, 15) is 23.1 Å². The number of hydrogen-bond acceptors (Lipinski definition) is 7. The summed E-state index contributed by atoms with van der Waals surface area (Å²) < 4.78 is 50.1. The van der Waals surface area contributed by atoms with Crippen LogP contribution < -0.4 is 10.1 Å². The fraction of sp³-hybridized carbons (Fsp3) is 0.438. The zero-order chi connectivity index (χ0) is 20.0. The summed E-state index contributed by atoms with van der Waals surface area (Å²) in [7, 11) is 2.58. The van der Waals surface area contributed by atoms with Gasteiger partial charge in [0.1, 0.15) is 11.7 Å². The molecule has 0 amide bonds. The zero-order valence-electron chi connectivity index (χ0n) is 14.6. The fourth-order valence-corrected chi connectivity index (χ4v) is 3.24. The van der Waals surface area contributed by atoms with Crippen molar-refractivity contribution in [1.29, 1.82) is 0 Å². The first-order valence-electron chi connectivity index (χ1n) is 7.85. The third kappa shape index (κ3) is 3.07. The number of benzene rings is 1. The highest BCUT2D eigenvalue weighted by Gasteiger charge is 2.55. The molecule has 2 heterocycles. The van der Waals surface area contributed by atoms with E-state index < -0.39 is 35.7 Å². The molecule has 11 heteroatoms. The summed E-state index contributed by atoms with van der Waals surface area (Å²) in [4.78, 5) is 12.4. The van der Waals surface area contributed by atoms with E-state index in [0.717, 1.165) is 14.0 Å². The molecule has 0 bridgehead atoms. The minimum atomic E-state index is -4.87. The van der Waals surface area contributed by atoms with Crippen molar-refractivity contribution in [1.82, 2.24) is 14.8 Å². The van der Waals surface area contributed by atoms with Gasteiger partial charge in [0.2, 0.25) is 11.8 Å². The maximum Gasteiger partial charge on any atom is 0.451 e. The van der Waals surface area contributed by atoms with E-state index in [1.54, 1.807) is 24.3 Å². The smallest absolute Gasteiger partial charge is 0.451 e. The van der Waals surface area contributed by atoms with Gasteiger partial charge >= 0.3 is 12.1 Å². The number of methoxy groups -OCH3 is 2. The minimum Gasteiger partial charge on any atom is -0.497 e. The second-order valence-corrected chi connectivity index (χ2v) is 6.17. The Morgan fingerprint density at radius 2 is 1.89 bits per heavy atom. The van der Waals surface area contributed by atoms with Crippen LogP contribution in [-0.2, 0) is 21.4 Å². The van der Waals surface area contributed by atoms with Crippen LogP contribution in [0, 0.1) is 5.92 Å². The van der Waals surface area contributed by atoms with Gasteiger partial charge in [0.15, 0.2) is 5.72 Å². The minimum absolute atomic E-state index is 0.312. The number of nitrogens with one attached hydrogen (secondary N) is 1. The molecule has 8 nitrogen and oxygen atoms in total. The average molecular weight is 386 g/mol. The summed E-state index contributed by atoms with van der Waals surface area (Å²) in [5, 5.41) is 20.3. The van der Waals surface area contributed by atoms with Crippen molar-refractivity contribution >= 4 is 11.9 Å². The SMILES string of the molecule is COC(=O)[C@@H]1[C@@H](c2ccc(OC)cc2)Nc2nnc(C(F)(F)F)n2[C@@]1(C)O. The standard InChI is InChI=1S/C16H17F3N4O4/c1-15(25)10(12(24)27-3)11(8-4-6-9(26-2)7-5-8)20-14-22-21-13(23(14)15)16(17,18)19/h4-7,10-11,25H,1-3H3,(H,20,22)/t10-,11+,15-/m0/s1. The summed E-state index contributed by atoms with van der Waals surface area (Å²) in [5.41, 5.74) is -1.78. The lowest BCUT2D eigenvalue weighted by Crippen LogP contribution is -2.52. The molecule has 1 aliphatic rings. The molecule has 0 saturated heterocycles. The molecule has 0 aliphatic carbocycles. The molecule has 0 unspecified atom stereocenters. The number of esters is 1. The summed E-state index contributed by atoms with van der Waals surface area (Å²) in [5.74, 6) is -3.47. The number of halogens is 3. The summed E-state index contributed by atoms with van der Waals surface area (Å²) in [6.45, 7) is 1.09. The lowest BCUT2D eigenvalue weighted by atomic mass is 9.83. The lowest BCUT2D eigenvalue weighted by molar-refractivity contribution is -0.179. The first-order valence-corrected chi connectivity index (χ1v) is 7.85. The van der Waals surface area contributed by atoms with E-state index in [-0.39, 0.29) is 5.95 Å². The van der Waals surface area contributed by atoms with Crippen molar-refractivity contribution < 1.29 is 32.5 Å². The first kappa shape index (κ1) is 19.0. The van der Waals surface area contributed by atoms with E-state index in [4.69, 9.17) is 9.47 Å². The van der Waals surface area contributed by atoms with Crippen LogP contribution >= 0.6 is 0 Å². The van der Waals surface area contributed by atoms with Crippen LogP contribution in [0.25, 0.3) is 0 Å². The van der Waals surface area contributed by atoms with Gasteiger partial charge in [-0.1, -0.05) is 12.1 Å². The second-order valence-electron chi connectivity index (χ2n) is 6.17. The van der Waals surface area contributed by atoms with E-state index >= 15 is 0 Å². The van der Waals surface area contributed by atoms with Crippen molar-refractivity contribution in [2.45, 2.75) is 24.9 Å². The van der Waals surface area contributed by atoms with Gasteiger partial charge in [0.05, 0.1) is 20.3 Å². The third-order valence-electron chi connectivity index (χ3n) is 4.51. The number of alkyl halides is 3. The van der Waals surface area contributed by atoms with Gasteiger partial charge in [-0.15, -0.1) is 10.2 Å². The van der Waals surface area contributed by atoms with Crippen molar-refractivity contribution in [2.24, 2.45) is 5.92 Å². The molecule has 1 aromatic heterocycles. The van der Waals surface area contributed by atoms with Gasteiger partial charge in [-0.05, 0) is 24.6 Å². The number of rotatable bonds is 3. The Hall–Kier alpha value is -2.82. The van der Waals surface area contributed by atoms with Gasteiger partial charge < -0.3 is 19.9 Å². The number of ether oxygens (including phenoxy) is 2. The topological polar surface area (TPSA) is 98.5 Å². The number of hydrogen-bond donors (Lipinski definition) is 2. The summed E-state index contributed by atoms with van der Waals surface area (Å²) in [6.07, 6.45) is -4.87. The van der Waals surface area contributed by atoms with Gasteiger partial charge in [-0.3, -0.25) is 9.36 Å². The maximum absolute atomic E-state index is 13.3. The Morgan fingerprint density at radius 3 is 2.41 bits per heavy atom. The molecule has 0 fully saturated rings. The van der Waals surface area contributed by atoms with E-state index in [0.29, 0.717) is 15.9 Å². The predicted molar refractivity (Wildman–Crippen MR) is 85.8 cm³/mol. The van der Waals surface area contributed by atoms with Crippen molar-refractivity contribution in [3.63, 3.8) is 0 Å². The summed E-state index contributed by atoms with van der Waals surface area (Å²) in [6, 6.07) is 5.59. The van der Waals surface area contributed by atoms with E-state index in [2.05, 4.69) is 15.5 Å². The van der Waals surface area contributed by atoms with Crippen LogP contribution in [0.4, 0.5) is 19.1 Å². The average Bonchev–Trinajstić information content (AvgIpc) is 3.06. The molecule has 2 aromatic rings. The molecular weight excluding hydrogens is 369 g/mol. The molecule has 1 aromatic carbocycles. The van der Waals surface area contributed by atoms with E-state index in [1.807, 2.05) is 0 Å². The van der Waals surface area contributed by atoms with Crippen LogP contribution in [0.3, 0.4) is 0 Å². The highest BCUT2D eigenvalue weighted by atomic mass is 19.4. The molecule has 3 rings (SSSR count). The summed E-state index contributed by atoms with van der Waals surface area (Å²) >= 11 is 0. The molecule has 0 saturated carbocycles. The first-order chi connectivity index (χ1) is 12.6. The molecule has 1 aliphatic heterocycles. The Balaban J connectivity index is 2.15. The van der Waals surface area contributed by atoms with Gasteiger partial charge in [0.25, 0.3) is 0 Å². The maximum atomic E-state index is 13.3. The van der Waals surface area contributed by atoms with Crippen molar-refractivity contribution in [2.75, 3.05) is 19.5 Å². The van der Waals surface area contributed by atoms with Gasteiger partial charge in [0, 0.05) is 0 Å². The Kier molecular flexibility index (Phi) is 4.50. The Labute approximate surface area is 151 Å². The van der Waals surface area contributed by atoms with Crippen LogP contribution in [0.15, 0.2) is 24.3 Å². The monoisotopic (exact) mass is 386 g/mol. The van der Waals surface area contributed by atoms with Crippen molar-refractivity contribution in [3.8, 4) is 5.75 Å². The number of nitrogens with zero attached hydrogens (tertiary/aromatic N) is 3. The molecule has 27 heavy (non-hydrogen) atoms. The van der Waals surface area contributed by atoms with Crippen molar-refractivity contribution in [3.05, 3.63) is 35.7 Å². The number of carbonyl (C=O) groups is 1. The fourth-order valence-electron chi connectivity index (χ4n) is 3.24. The number of aromatic nitrogens is 3. The molecule has 0 spiro atoms. The molecule has 0 radical (unpaired) electrons. The molecule has 3 atom stereocenters. The highest BCUT2D eigenvalue weighted by Crippen LogP contribution is 2.45. The molecular formula is C16H17F3N4O4. The number of anilines is 1. The quantitative estimate of drug-likeness (QED) is 0.778. The lowest BCUT2D eigenvalue weighted by Gasteiger charge is -2.42. The van der Waals surface area contributed by atoms with Gasteiger partial charge in [-0.2, -0.15) is 13.2 Å². The van der Waals surface area contributed by atoms with Crippen LogP contribution in [0.2, 0.25) is 0 Å².